The highest BCUT2D eigenvalue weighted by Gasteiger charge is 2.29. The van der Waals surface area contributed by atoms with Gasteiger partial charge in [-0.1, -0.05) is 42.2 Å². The molecule has 1 saturated heterocycles. The number of aliphatic carboxylic acids is 1. The molecule has 0 unspecified atom stereocenters. The molecule has 0 aromatic heterocycles. The summed E-state index contributed by atoms with van der Waals surface area (Å²) >= 11 is 6.23. The quantitative estimate of drug-likeness (QED) is 0.796. The molecule has 0 radical (unpaired) electrons. The van der Waals surface area contributed by atoms with Crippen LogP contribution in [0, 0.1) is 0 Å². The van der Waals surface area contributed by atoms with Crippen LogP contribution in [-0.2, 0) is 16.0 Å². The van der Waals surface area contributed by atoms with Gasteiger partial charge in [0.25, 0.3) is 0 Å². The topological polar surface area (TPSA) is 75.6 Å². The summed E-state index contributed by atoms with van der Waals surface area (Å²) in [5.41, 5.74) is 0.793. The van der Waals surface area contributed by atoms with Gasteiger partial charge in [-0.3, -0.25) is 4.79 Å². The molecule has 0 saturated carbocycles. The van der Waals surface area contributed by atoms with Crippen molar-refractivity contribution in [1.29, 1.82) is 0 Å². The minimum atomic E-state index is -1.04. The summed E-state index contributed by atoms with van der Waals surface area (Å²) in [7, 11) is 0. The molecule has 0 spiro atoms. The zero-order chi connectivity index (χ0) is 13.8. The summed E-state index contributed by atoms with van der Waals surface area (Å²) < 4.78 is 5.67. The van der Waals surface area contributed by atoms with Gasteiger partial charge >= 0.3 is 5.97 Å². The lowest BCUT2D eigenvalue weighted by Gasteiger charge is -2.11. The van der Waals surface area contributed by atoms with Crippen LogP contribution in [0.4, 0.5) is 0 Å². The van der Waals surface area contributed by atoms with Crippen molar-refractivity contribution >= 4 is 40.2 Å². The second-order valence-electron chi connectivity index (χ2n) is 3.88. The van der Waals surface area contributed by atoms with Gasteiger partial charge in [0.1, 0.15) is 10.1 Å². The number of thiocarbonyl (C=S) groups is 1. The van der Waals surface area contributed by atoms with Crippen molar-refractivity contribution in [3.05, 3.63) is 29.8 Å². The van der Waals surface area contributed by atoms with Crippen molar-refractivity contribution in [1.82, 2.24) is 5.32 Å². The third kappa shape index (κ3) is 3.68. The molecule has 2 rings (SSSR count). The SMILES string of the molecule is O=C(O)COc1ccccc1C[C@H]1SC(=S)NC1=O. The minimum Gasteiger partial charge on any atom is -0.482 e. The Balaban J connectivity index is 2.09. The predicted octanol–water partition coefficient (Wildman–Crippen LogP) is 1.21. The summed E-state index contributed by atoms with van der Waals surface area (Å²) in [6.45, 7) is -0.403. The first-order valence-corrected chi connectivity index (χ1v) is 6.79. The van der Waals surface area contributed by atoms with Gasteiger partial charge in [-0.25, -0.2) is 4.79 Å². The molecule has 1 atom stereocenters. The van der Waals surface area contributed by atoms with Gasteiger partial charge in [0.2, 0.25) is 5.91 Å². The normalized spacial score (nSPS) is 18.2. The van der Waals surface area contributed by atoms with E-state index in [1.807, 2.05) is 12.1 Å². The molecule has 1 aromatic rings. The van der Waals surface area contributed by atoms with Crippen LogP contribution >= 0.6 is 24.0 Å². The van der Waals surface area contributed by atoms with Crippen LogP contribution < -0.4 is 10.1 Å². The fourth-order valence-electron chi connectivity index (χ4n) is 1.68. The first-order chi connectivity index (χ1) is 9.06. The van der Waals surface area contributed by atoms with Crippen molar-refractivity contribution in [2.24, 2.45) is 0 Å². The van der Waals surface area contributed by atoms with E-state index in [0.717, 1.165) is 5.56 Å². The van der Waals surface area contributed by atoms with Crippen LogP contribution in [0.5, 0.6) is 5.75 Å². The lowest BCUT2D eigenvalue weighted by atomic mass is 10.1. The molecule has 1 aliphatic heterocycles. The van der Waals surface area contributed by atoms with Crippen molar-refractivity contribution in [2.45, 2.75) is 11.7 Å². The molecule has 1 aromatic carbocycles. The van der Waals surface area contributed by atoms with Gasteiger partial charge in [0.15, 0.2) is 6.61 Å². The Morgan fingerprint density at radius 2 is 2.21 bits per heavy atom. The molecule has 1 fully saturated rings. The van der Waals surface area contributed by atoms with Gasteiger partial charge in [-0.05, 0) is 18.1 Å². The molecule has 1 amide bonds. The van der Waals surface area contributed by atoms with E-state index < -0.39 is 12.6 Å². The second kappa shape index (κ2) is 6.03. The van der Waals surface area contributed by atoms with Crippen molar-refractivity contribution in [2.75, 3.05) is 6.61 Å². The number of carboxylic acid groups (broad SMARTS) is 1. The summed E-state index contributed by atoms with van der Waals surface area (Å²) in [5.74, 6) is -0.678. The molecule has 5 nitrogen and oxygen atoms in total. The van der Waals surface area contributed by atoms with E-state index in [0.29, 0.717) is 16.5 Å². The lowest BCUT2D eigenvalue weighted by molar-refractivity contribution is -0.139. The van der Waals surface area contributed by atoms with Crippen LogP contribution in [0.2, 0.25) is 0 Å². The van der Waals surface area contributed by atoms with Crippen LogP contribution in [0.15, 0.2) is 24.3 Å². The number of ether oxygens (including phenoxy) is 1. The Labute approximate surface area is 119 Å². The maximum atomic E-state index is 11.6. The monoisotopic (exact) mass is 297 g/mol. The second-order valence-corrected chi connectivity index (χ2v) is 5.76. The number of benzene rings is 1. The third-order valence-corrected chi connectivity index (χ3v) is 3.87. The Morgan fingerprint density at radius 1 is 1.47 bits per heavy atom. The Kier molecular flexibility index (Phi) is 4.39. The third-order valence-electron chi connectivity index (χ3n) is 2.50. The van der Waals surface area contributed by atoms with Crippen LogP contribution in [0.1, 0.15) is 5.56 Å². The van der Waals surface area contributed by atoms with E-state index in [2.05, 4.69) is 5.32 Å². The zero-order valence-corrected chi connectivity index (χ0v) is 11.4. The van der Waals surface area contributed by atoms with Gasteiger partial charge in [-0.2, -0.15) is 0 Å². The summed E-state index contributed by atoms with van der Waals surface area (Å²) in [5, 5.41) is 10.9. The molecule has 1 heterocycles. The average molecular weight is 297 g/mol. The maximum Gasteiger partial charge on any atom is 0.341 e. The smallest absolute Gasteiger partial charge is 0.341 e. The number of rotatable bonds is 5. The number of carbonyl (C=O) groups excluding carboxylic acids is 1. The zero-order valence-electron chi connectivity index (χ0n) is 9.79. The molecular formula is C12H11NO4S2. The van der Waals surface area contributed by atoms with E-state index >= 15 is 0 Å². The molecule has 2 N–H and O–H groups in total. The van der Waals surface area contributed by atoms with E-state index in [9.17, 15) is 9.59 Å². The highest BCUT2D eigenvalue weighted by atomic mass is 32.2. The van der Waals surface area contributed by atoms with E-state index in [4.69, 9.17) is 22.1 Å². The minimum absolute atomic E-state index is 0.122. The van der Waals surface area contributed by atoms with Crippen molar-refractivity contribution in [3.63, 3.8) is 0 Å². The highest BCUT2D eigenvalue weighted by molar-refractivity contribution is 8.24. The van der Waals surface area contributed by atoms with Gasteiger partial charge in [0.05, 0.1) is 5.25 Å². The Hall–Kier alpha value is -1.60. The first-order valence-electron chi connectivity index (χ1n) is 5.50. The first kappa shape index (κ1) is 13.8. The van der Waals surface area contributed by atoms with Gasteiger partial charge < -0.3 is 15.2 Å². The summed E-state index contributed by atoms with van der Waals surface area (Å²) in [6.07, 6.45) is 0.451. The average Bonchev–Trinajstić information content (AvgIpc) is 2.67. The molecule has 1 aliphatic rings. The van der Waals surface area contributed by atoms with E-state index in [1.165, 1.54) is 11.8 Å². The number of thioether (sulfide) groups is 1. The summed E-state index contributed by atoms with van der Waals surface area (Å²) in [6, 6.07) is 7.08. The molecule has 19 heavy (non-hydrogen) atoms. The lowest BCUT2D eigenvalue weighted by Crippen LogP contribution is -2.25. The number of hydrogen-bond donors (Lipinski definition) is 2. The number of hydrogen-bond acceptors (Lipinski definition) is 5. The molecule has 100 valence electrons. The van der Waals surface area contributed by atoms with Crippen molar-refractivity contribution in [3.8, 4) is 5.75 Å². The van der Waals surface area contributed by atoms with Gasteiger partial charge in [-0.15, -0.1) is 0 Å². The molecule has 7 heteroatoms. The molecular weight excluding hydrogens is 286 g/mol. The van der Waals surface area contributed by atoms with Crippen LogP contribution in [-0.4, -0.2) is 33.2 Å². The molecule has 0 bridgehead atoms. The molecule has 0 aliphatic carbocycles. The number of carbonyl (C=O) groups is 2. The number of nitrogens with one attached hydrogen (secondary N) is 1. The van der Waals surface area contributed by atoms with Crippen LogP contribution in [0.3, 0.4) is 0 Å². The van der Waals surface area contributed by atoms with Crippen molar-refractivity contribution < 1.29 is 19.4 Å². The van der Waals surface area contributed by atoms with E-state index in [-0.39, 0.29) is 11.2 Å². The summed E-state index contributed by atoms with van der Waals surface area (Å²) in [4.78, 5) is 22.1. The Morgan fingerprint density at radius 3 is 2.84 bits per heavy atom. The maximum absolute atomic E-state index is 11.6. The highest BCUT2D eigenvalue weighted by Crippen LogP contribution is 2.27. The fraction of sp³-hybridized carbons (Fsp3) is 0.250. The fourth-order valence-corrected chi connectivity index (χ4v) is 2.98. The number of para-hydroxylation sites is 1. The largest absolute Gasteiger partial charge is 0.482 e. The predicted molar refractivity (Wildman–Crippen MR) is 75.4 cm³/mol. The standard InChI is InChI=1S/C12H11NO4S2/c14-10(15)6-17-8-4-2-1-3-7(8)5-9-11(16)13-12(18)19-9/h1-4,9H,5-6H2,(H,14,15)(H,13,16,18)/t9-/m1/s1. The van der Waals surface area contributed by atoms with E-state index in [1.54, 1.807) is 12.1 Å². The number of amides is 1. The van der Waals surface area contributed by atoms with Crippen LogP contribution in [0.25, 0.3) is 0 Å². The Bertz CT molecular complexity index is 532. The number of carboxylic acids is 1. The van der Waals surface area contributed by atoms with Gasteiger partial charge in [0, 0.05) is 0 Å².